The molecule has 0 N–H and O–H groups in total. The molecule has 0 spiro atoms. The summed E-state index contributed by atoms with van der Waals surface area (Å²) in [5, 5.41) is 0.563. The Morgan fingerprint density at radius 2 is 1.37 bits per heavy atom. The van der Waals surface area contributed by atoms with Gasteiger partial charge in [-0.05, 0) is 54.7 Å². The van der Waals surface area contributed by atoms with Gasteiger partial charge in [0.05, 0.1) is 53.0 Å². The molecule has 0 radical (unpaired) electrons. The minimum atomic E-state index is -3.57. The average Bonchev–Trinajstić information content (AvgIpc) is 3.36. The monoisotopic (exact) mass is 572 g/mol. The Morgan fingerprint density at radius 1 is 0.857 bits per heavy atom. The molecule has 10 heteroatoms. The van der Waals surface area contributed by atoms with E-state index in [0.29, 0.717) is 47.8 Å². The van der Waals surface area contributed by atoms with Crippen LogP contribution in [0.5, 0.6) is 28.7 Å². The fourth-order valence-electron chi connectivity index (χ4n) is 4.24. The predicted octanol–water partition coefficient (Wildman–Crippen LogP) is 5.27. The van der Waals surface area contributed by atoms with Crippen molar-refractivity contribution in [2.24, 2.45) is 0 Å². The van der Waals surface area contributed by atoms with Gasteiger partial charge in [-0.1, -0.05) is 22.9 Å². The quantitative estimate of drug-likeness (QED) is 0.318. The Labute approximate surface area is 215 Å². The first-order valence-corrected chi connectivity index (χ1v) is 14.2. The number of ether oxygens (including phenoxy) is 6. The molecular formula is C25H33BrO8S. The van der Waals surface area contributed by atoms with Gasteiger partial charge in [0.15, 0.2) is 32.8 Å². The van der Waals surface area contributed by atoms with Crippen LogP contribution in [0.2, 0.25) is 0 Å². The second-order valence-corrected chi connectivity index (χ2v) is 10.9. The van der Waals surface area contributed by atoms with E-state index >= 15 is 0 Å². The maximum Gasteiger partial charge on any atom is 0.203 e. The van der Waals surface area contributed by atoms with E-state index in [9.17, 15) is 8.42 Å². The fraction of sp³-hybridized carbons (Fsp3) is 0.520. The summed E-state index contributed by atoms with van der Waals surface area (Å²) in [5.41, 5.74) is 1.63. The minimum Gasteiger partial charge on any atom is -0.493 e. The van der Waals surface area contributed by atoms with Crippen LogP contribution in [0.25, 0.3) is 0 Å². The Balaban J connectivity index is 1.98. The molecule has 0 amide bonds. The van der Waals surface area contributed by atoms with E-state index in [2.05, 4.69) is 15.9 Å². The summed E-state index contributed by atoms with van der Waals surface area (Å²) in [7, 11) is 2.64. The smallest absolute Gasteiger partial charge is 0.203 e. The summed E-state index contributed by atoms with van der Waals surface area (Å²) in [6.07, 6.45) is 1.41. The molecule has 1 aliphatic rings. The lowest BCUT2D eigenvalue weighted by Gasteiger charge is -2.20. The molecule has 3 rings (SSSR count). The highest BCUT2D eigenvalue weighted by molar-refractivity contribution is 9.09. The van der Waals surface area contributed by atoms with Crippen LogP contribution in [0.15, 0.2) is 29.2 Å². The van der Waals surface area contributed by atoms with Gasteiger partial charge in [0.2, 0.25) is 5.75 Å². The van der Waals surface area contributed by atoms with Crippen molar-refractivity contribution in [1.82, 2.24) is 0 Å². The Morgan fingerprint density at radius 3 is 1.83 bits per heavy atom. The zero-order valence-electron chi connectivity index (χ0n) is 20.8. The highest BCUT2D eigenvalue weighted by Crippen LogP contribution is 2.48. The van der Waals surface area contributed by atoms with Crippen molar-refractivity contribution >= 4 is 25.8 Å². The Hall–Kier alpha value is -2.17. The van der Waals surface area contributed by atoms with Crippen molar-refractivity contribution in [2.75, 3.05) is 46.1 Å². The summed E-state index contributed by atoms with van der Waals surface area (Å²) in [4.78, 5) is 0.134. The standard InChI is InChI=1S/C25H33BrO8S/c1-6-11-35(27,28)23-15-17(14-22(31-4)25(23)33-10-9-26)19-8-7-18(34-19)16-12-20(29-2)24(32-5)21(13-16)30-3/h12-15,18-19H,6-11H2,1-5H3/t18-,19-/m0/s1. The van der Waals surface area contributed by atoms with E-state index in [4.69, 9.17) is 28.4 Å². The van der Waals surface area contributed by atoms with Gasteiger partial charge in [-0.15, -0.1) is 0 Å². The van der Waals surface area contributed by atoms with Gasteiger partial charge in [-0.3, -0.25) is 0 Å². The summed E-state index contributed by atoms with van der Waals surface area (Å²) in [6, 6.07) is 7.22. The number of rotatable bonds is 12. The second-order valence-electron chi connectivity index (χ2n) is 8.06. The van der Waals surface area contributed by atoms with E-state index in [-0.39, 0.29) is 28.6 Å². The van der Waals surface area contributed by atoms with E-state index < -0.39 is 9.84 Å². The summed E-state index contributed by atoms with van der Waals surface area (Å²) in [6.45, 7) is 2.15. The third-order valence-corrected chi connectivity index (χ3v) is 8.09. The third-order valence-electron chi connectivity index (χ3n) is 5.84. The van der Waals surface area contributed by atoms with Gasteiger partial charge in [0.25, 0.3) is 0 Å². The molecule has 0 aromatic heterocycles. The number of methoxy groups -OCH3 is 4. The SMILES string of the molecule is CCCS(=O)(=O)c1cc([C@@H]2CC[C@@H](c3cc(OC)c(OC)c(OC)c3)O2)cc(OC)c1OCCBr. The van der Waals surface area contributed by atoms with Crippen molar-refractivity contribution in [3.8, 4) is 28.7 Å². The van der Waals surface area contributed by atoms with Crippen LogP contribution in [0.3, 0.4) is 0 Å². The highest BCUT2D eigenvalue weighted by atomic mass is 79.9. The number of alkyl halides is 1. The first kappa shape index (κ1) is 27.4. The van der Waals surface area contributed by atoms with Gasteiger partial charge >= 0.3 is 0 Å². The number of sulfone groups is 1. The molecule has 1 aliphatic heterocycles. The first-order chi connectivity index (χ1) is 16.8. The number of benzene rings is 2. The van der Waals surface area contributed by atoms with Crippen molar-refractivity contribution in [3.05, 3.63) is 35.4 Å². The molecule has 0 saturated carbocycles. The Kier molecular flexibility index (Phi) is 9.54. The summed E-state index contributed by atoms with van der Waals surface area (Å²) < 4.78 is 60.3. The number of halogens is 1. The minimum absolute atomic E-state index is 0.0177. The molecule has 2 atom stereocenters. The molecular weight excluding hydrogens is 540 g/mol. The maximum absolute atomic E-state index is 13.1. The fourth-order valence-corrected chi connectivity index (χ4v) is 5.92. The van der Waals surface area contributed by atoms with E-state index in [1.807, 2.05) is 19.1 Å². The third kappa shape index (κ3) is 5.98. The van der Waals surface area contributed by atoms with E-state index in [1.165, 1.54) is 7.11 Å². The van der Waals surface area contributed by atoms with Crippen molar-refractivity contribution in [3.63, 3.8) is 0 Å². The lowest BCUT2D eigenvalue weighted by molar-refractivity contribution is 0.0435. The molecule has 1 saturated heterocycles. The largest absolute Gasteiger partial charge is 0.493 e. The van der Waals surface area contributed by atoms with Gasteiger partial charge in [-0.25, -0.2) is 8.42 Å². The molecule has 1 heterocycles. The van der Waals surface area contributed by atoms with Gasteiger partial charge in [0, 0.05) is 5.33 Å². The van der Waals surface area contributed by atoms with Crippen LogP contribution in [0, 0.1) is 0 Å². The zero-order chi connectivity index (χ0) is 25.6. The van der Waals surface area contributed by atoms with Gasteiger partial charge in [0.1, 0.15) is 4.90 Å². The van der Waals surface area contributed by atoms with E-state index in [0.717, 1.165) is 17.5 Å². The van der Waals surface area contributed by atoms with Crippen LogP contribution >= 0.6 is 15.9 Å². The number of hydrogen-bond acceptors (Lipinski definition) is 8. The van der Waals surface area contributed by atoms with Gasteiger partial charge < -0.3 is 28.4 Å². The van der Waals surface area contributed by atoms with Crippen LogP contribution in [0.4, 0.5) is 0 Å². The molecule has 2 aromatic rings. The molecule has 0 bridgehead atoms. The van der Waals surface area contributed by atoms with Crippen LogP contribution in [-0.2, 0) is 14.6 Å². The molecule has 194 valence electrons. The predicted molar refractivity (Wildman–Crippen MR) is 137 cm³/mol. The van der Waals surface area contributed by atoms with Crippen molar-refractivity contribution in [1.29, 1.82) is 0 Å². The van der Waals surface area contributed by atoms with Crippen LogP contribution in [0.1, 0.15) is 49.5 Å². The lowest BCUT2D eigenvalue weighted by atomic mass is 10.0. The average molecular weight is 574 g/mol. The van der Waals surface area contributed by atoms with Gasteiger partial charge in [-0.2, -0.15) is 0 Å². The van der Waals surface area contributed by atoms with Crippen molar-refractivity contribution in [2.45, 2.75) is 43.3 Å². The maximum atomic E-state index is 13.1. The summed E-state index contributed by atoms with van der Waals surface area (Å²) in [5.74, 6) is 2.25. The number of hydrogen-bond donors (Lipinski definition) is 0. The highest BCUT2D eigenvalue weighted by Gasteiger charge is 2.32. The van der Waals surface area contributed by atoms with E-state index in [1.54, 1.807) is 33.5 Å². The lowest BCUT2D eigenvalue weighted by Crippen LogP contribution is -2.12. The molecule has 8 nitrogen and oxygen atoms in total. The molecule has 2 aromatic carbocycles. The topological polar surface area (TPSA) is 89.5 Å². The molecule has 1 fully saturated rings. The first-order valence-electron chi connectivity index (χ1n) is 11.4. The normalized spacial score (nSPS) is 17.8. The molecule has 0 aliphatic carbocycles. The second kappa shape index (κ2) is 12.2. The Bertz CT molecular complexity index is 1090. The molecule has 35 heavy (non-hydrogen) atoms. The zero-order valence-corrected chi connectivity index (χ0v) is 23.2. The summed E-state index contributed by atoms with van der Waals surface area (Å²) >= 11 is 3.32. The van der Waals surface area contributed by atoms with Crippen molar-refractivity contribution < 1.29 is 36.8 Å². The molecule has 0 unspecified atom stereocenters. The van der Waals surface area contributed by atoms with Crippen LogP contribution < -0.4 is 23.7 Å². The van der Waals surface area contributed by atoms with Crippen LogP contribution in [-0.4, -0.2) is 54.5 Å².